The summed E-state index contributed by atoms with van der Waals surface area (Å²) in [5.41, 5.74) is 6.26. The zero-order chi connectivity index (χ0) is 44.6. The molecule has 60 nitrogen and oxygen atoms in total. The molecule has 0 atom stereocenters. The molecule has 0 aliphatic rings. The van der Waals surface area contributed by atoms with Crippen molar-refractivity contribution in [3.63, 3.8) is 0 Å². The molecule has 0 aliphatic carbocycles. The SMILES string of the molecule is N=N/N=N/N=N/N=N/N=N/N=N/N=N/N=N/N=N/N=N/N=N/N=N/N(OOOOOOOOOOOOOOOOOS)OOOOOOOOOOOOOOOOOOS. The Hall–Kier alpha value is -5.70. The molecule has 0 saturated heterocycles. The van der Waals surface area contributed by atoms with E-state index >= 15 is 0 Å². The van der Waals surface area contributed by atoms with Crippen LogP contribution in [0.4, 0.5) is 0 Å². The van der Waals surface area contributed by atoms with Crippen molar-refractivity contribution in [2.45, 2.75) is 0 Å². The molecule has 0 aromatic carbocycles. The molecule has 0 rings (SSSR count). The van der Waals surface area contributed by atoms with Gasteiger partial charge in [0.2, 0.25) is 0 Å². The quantitative estimate of drug-likeness (QED) is 0.0197. The van der Waals surface area contributed by atoms with Crippen molar-refractivity contribution in [2.75, 3.05) is 0 Å². The van der Waals surface area contributed by atoms with Crippen molar-refractivity contribution < 1.29 is 175 Å². The lowest BCUT2D eigenvalue weighted by Crippen LogP contribution is -2.19. The van der Waals surface area contributed by atoms with Crippen molar-refractivity contribution >= 4 is 25.8 Å². The molecule has 350 valence electrons. The van der Waals surface area contributed by atoms with Gasteiger partial charge in [-0.15, -0.1) is 8.67 Å². The van der Waals surface area contributed by atoms with Crippen LogP contribution in [0, 0.1) is 5.53 Å². The molecule has 62 heavy (non-hydrogen) atoms. The summed E-state index contributed by atoms with van der Waals surface area (Å²) in [6, 6.07) is 0. The molecular formula is H3N25O35S2. The molecular weight excluding hydrogens is 974 g/mol. The molecule has 62 heteroatoms. The van der Waals surface area contributed by atoms with Crippen LogP contribution in [-0.2, 0) is 175 Å². The molecule has 0 aromatic rings. The van der Waals surface area contributed by atoms with Crippen molar-refractivity contribution in [3.8, 4) is 0 Å². The summed E-state index contributed by atoms with van der Waals surface area (Å²) in [5.74, 6) is 0. The van der Waals surface area contributed by atoms with Crippen molar-refractivity contribution in [2.24, 2.45) is 120 Å². The molecule has 0 saturated carbocycles. The highest BCUT2D eigenvalue weighted by Crippen LogP contribution is 2.02. The summed E-state index contributed by atoms with van der Waals surface area (Å²) in [4.78, 5) is 8.10. The average Bonchev–Trinajstić information content (AvgIpc) is 3.28. The maximum atomic E-state index is 6.26. The summed E-state index contributed by atoms with van der Waals surface area (Å²) in [5, 5.41) is 177. The number of thiol groups is 2. The van der Waals surface area contributed by atoms with E-state index in [0.29, 0.717) is 0 Å². The summed E-state index contributed by atoms with van der Waals surface area (Å²) in [6.45, 7) is 0. The van der Waals surface area contributed by atoms with E-state index in [2.05, 4.69) is 321 Å². The van der Waals surface area contributed by atoms with E-state index in [1.165, 1.54) is 0 Å². The Morgan fingerprint density at radius 2 is 0.403 bits per heavy atom. The van der Waals surface area contributed by atoms with Crippen LogP contribution < -0.4 is 0 Å². The van der Waals surface area contributed by atoms with Crippen molar-refractivity contribution in [1.82, 2.24) is 5.34 Å². The van der Waals surface area contributed by atoms with Gasteiger partial charge in [0.15, 0.2) is 0 Å². The highest BCUT2D eigenvalue weighted by Gasteiger charge is 2.10. The maximum Gasteiger partial charge on any atom is 0.0559 e. The highest BCUT2D eigenvalue weighted by atomic mass is 32.1. The van der Waals surface area contributed by atoms with E-state index in [1.807, 2.05) is 0 Å². The van der Waals surface area contributed by atoms with E-state index < -0.39 is 5.34 Å². The average molecular weight is 977 g/mol. The summed E-state index contributed by atoms with van der Waals surface area (Å²) >= 11 is 6.12. The second-order valence-corrected chi connectivity index (χ2v) is 5.01. The third-order valence-electron chi connectivity index (χ3n) is 2.01. The molecule has 0 spiro atoms. The van der Waals surface area contributed by atoms with Gasteiger partial charge in [-0.2, -0.15) is 5.53 Å². The minimum Gasteiger partial charge on any atom is -0.183 e. The number of nitrogens with one attached hydrogen (secondary N) is 1. The normalized spacial score (nSPS) is 13.0. The Kier molecular flexibility index (Phi) is 48.4. The summed E-state index contributed by atoms with van der Waals surface area (Å²) in [7, 11) is 0. The highest BCUT2D eigenvalue weighted by molar-refractivity contribution is 7.75. The third kappa shape index (κ3) is 50.4. The Labute approximate surface area is 332 Å². The van der Waals surface area contributed by atoms with E-state index in [4.69, 9.17) is 5.53 Å². The molecule has 0 fully saturated rings. The summed E-state index contributed by atoms with van der Waals surface area (Å²) < 4.78 is 7.18. The van der Waals surface area contributed by atoms with Gasteiger partial charge >= 0.3 is 0 Å². The van der Waals surface area contributed by atoms with Crippen LogP contribution in [0.15, 0.2) is 120 Å². The topological polar surface area (TPSA) is 634 Å². The van der Waals surface area contributed by atoms with Gasteiger partial charge in [-0.25, -0.2) is 0 Å². The fraction of sp³-hybridized carbons (Fsp3) is 0. The van der Waals surface area contributed by atoms with Gasteiger partial charge in [0.25, 0.3) is 0 Å². The minimum atomic E-state index is -0.392. The van der Waals surface area contributed by atoms with Gasteiger partial charge in [-0.05, 0) is 208 Å². The first-order chi connectivity index (χ1) is 30.8. The number of hydrogen-bond donors (Lipinski definition) is 3. The van der Waals surface area contributed by atoms with Gasteiger partial charge in [0.1, 0.15) is 0 Å². The van der Waals surface area contributed by atoms with E-state index in [-0.39, 0.29) is 0 Å². The monoisotopic (exact) mass is 977 g/mol. The molecule has 0 aliphatic heterocycles. The second kappa shape index (κ2) is 53.3. The Bertz CT molecular complexity index is 1290. The van der Waals surface area contributed by atoms with Crippen LogP contribution in [0.2, 0.25) is 0 Å². The number of hydrogen-bond acceptors (Lipinski definition) is 39. The fourth-order valence-electron chi connectivity index (χ4n) is 0.861. The Balaban J connectivity index is 4.40. The maximum absolute atomic E-state index is 6.26. The Morgan fingerprint density at radius 1 is 0.226 bits per heavy atom. The molecule has 0 radical (unpaired) electrons. The van der Waals surface area contributed by atoms with E-state index in [9.17, 15) is 0 Å². The zero-order valence-electron chi connectivity index (χ0n) is 26.4. The van der Waals surface area contributed by atoms with Gasteiger partial charge < -0.3 is 0 Å². The molecule has 0 bridgehead atoms. The first kappa shape index (κ1) is 56.3. The van der Waals surface area contributed by atoms with Crippen molar-refractivity contribution in [1.29, 1.82) is 5.53 Å². The second-order valence-electron chi connectivity index (χ2n) is 4.71. The first-order valence-electron chi connectivity index (χ1n) is 11.1. The largest absolute Gasteiger partial charge is 0.183 e. The predicted octanol–water partition coefficient (Wildman–Crippen LogP) is 2.57. The van der Waals surface area contributed by atoms with Gasteiger partial charge in [-0.1, -0.05) is 0 Å². The van der Waals surface area contributed by atoms with Crippen LogP contribution in [0.3, 0.4) is 0 Å². The van der Waals surface area contributed by atoms with Crippen LogP contribution in [0.1, 0.15) is 0 Å². The lowest BCUT2D eigenvalue weighted by atomic mass is 12.3. The van der Waals surface area contributed by atoms with Crippen molar-refractivity contribution in [3.05, 3.63) is 0 Å². The standard InChI is InChI=1S/H3N25O35S2/c1-2-3-4-5-6-7-8-9-10-11-12-13-14-15-16-17-18-19-20-21-22-23-24-25(27-29-31-33-35-37-39-41-43-45-47-49-51-53-55-57-59-61)26-28-30-32-34-36-38-40-42-44-46-48-50-52-54-56-58-60-62/h1,61-62H/b2-1?,4-3+,6-5+,8-7+,10-9+,12-11+,14-13+,16-15+,18-17+,20-19+,22-21+,24-23+. The third-order valence-corrected chi connectivity index (χ3v) is 2.13. The Morgan fingerprint density at radius 3 is 0.613 bits per heavy atom. The molecule has 1 N–H and O–H groups in total. The number of rotatable bonds is 47. The molecule has 0 heterocycles. The fourth-order valence-corrected chi connectivity index (χ4v) is 0.910. The van der Waals surface area contributed by atoms with Gasteiger partial charge in [0, 0.05) is 104 Å². The lowest BCUT2D eigenvalue weighted by molar-refractivity contribution is -0.895. The van der Waals surface area contributed by atoms with Crippen LogP contribution >= 0.6 is 25.8 Å². The molecule has 0 amide bonds. The number of nitrogens with zero attached hydrogens (tertiary/aromatic N) is 24. The predicted molar refractivity (Wildman–Crippen MR) is 116 cm³/mol. The molecule has 0 aromatic heterocycles. The van der Waals surface area contributed by atoms with Crippen LogP contribution in [-0.4, -0.2) is 5.34 Å². The van der Waals surface area contributed by atoms with Crippen LogP contribution in [0.25, 0.3) is 0 Å². The molecule has 0 unspecified atom stereocenters. The van der Waals surface area contributed by atoms with E-state index in [1.54, 1.807) is 0 Å². The summed E-state index contributed by atoms with van der Waals surface area (Å²) in [6.07, 6.45) is 0. The minimum absolute atomic E-state index is 0.392. The van der Waals surface area contributed by atoms with E-state index in [0.717, 1.165) is 0 Å². The smallest absolute Gasteiger partial charge is 0.0559 e. The van der Waals surface area contributed by atoms with Gasteiger partial charge in [-0.3, -0.25) is 0 Å². The van der Waals surface area contributed by atoms with Gasteiger partial charge in [0.05, 0.1) is 5.34 Å². The lowest BCUT2D eigenvalue weighted by Gasteiger charge is -2.07. The first-order valence-corrected chi connectivity index (χ1v) is 11.8. The van der Waals surface area contributed by atoms with Crippen LogP contribution in [0.5, 0.6) is 0 Å². The zero-order valence-corrected chi connectivity index (χ0v) is 28.2.